The first-order valence-electron chi connectivity index (χ1n) is 6.22. The van der Waals surface area contributed by atoms with Crippen molar-refractivity contribution in [3.05, 3.63) is 0 Å². The Morgan fingerprint density at radius 1 is 1.07 bits per heavy atom. The van der Waals surface area contributed by atoms with E-state index in [-0.39, 0.29) is 0 Å². The highest BCUT2D eigenvalue weighted by atomic mass is 17.2. The van der Waals surface area contributed by atoms with Crippen LogP contribution in [0, 0.1) is 11.3 Å². The fraction of sp³-hybridized carbons (Fsp3) is 1.00. The minimum Gasteiger partial charge on any atom is -0.237 e. The van der Waals surface area contributed by atoms with Crippen molar-refractivity contribution in [3.63, 3.8) is 0 Å². The first-order chi connectivity index (χ1) is 6.98. The molecule has 0 aromatic heterocycles. The molecule has 0 bridgehead atoms. The summed E-state index contributed by atoms with van der Waals surface area (Å²) >= 11 is 0. The lowest BCUT2D eigenvalue weighted by Gasteiger charge is -2.26. The summed E-state index contributed by atoms with van der Waals surface area (Å²) in [6, 6.07) is 0. The highest BCUT2D eigenvalue weighted by Gasteiger charge is 2.19. The van der Waals surface area contributed by atoms with Crippen LogP contribution in [-0.4, -0.2) is 13.2 Å². The molecule has 0 aliphatic heterocycles. The van der Waals surface area contributed by atoms with Crippen LogP contribution >= 0.6 is 0 Å². The Morgan fingerprint density at radius 3 is 2.20 bits per heavy atom. The van der Waals surface area contributed by atoms with E-state index in [0.29, 0.717) is 12.0 Å². The van der Waals surface area contributed by atoms with Gasteiger partial charge in [-0.2, -0.15) is 0 Å². The summed E-state index contributed by atoms with van der Waals surface area (Å²) in [4.78, 5) is 10.2. The van der Waals surface area contributed by atoms with Gasteiger partial charge in [0.05, 0.1) is 13.2 Å². The van der Waals surface area contributed by atoms with E-state index in [1.54, 1.807) is 0 Å². The molecule has 0 radical (unpaired) electrons. The highest BCUT2D eigenvalue weighted by Crippen LogP contribution is 2.28. The first kappa shape index (κ1) is 14.9. The summed E-state index contributed by atoms with van der Waals surface area (Å²) < 4.78 is 0. The summed E-state index contributed by atoms with van der Waals surface area (Å²) in [6.45, 7) is 12.7. The van der Waals surface area contributed by atoms with Crippen molar-refractivity contribution in [3.8, 4) is 0 Å². The van der Waals surface area contributed by atoms with Crippen LogP contribution in [0.15, 0.2) is 0 Å². The van der Waals surface area contributed by atoms with Gasteiger partial charge < -0.3 is 0 Å². The van der Waals surface area contributed by atoms with E-state index in [1.165, 1.54) is 6.42 Å². The minimum absolute atomic E-state index is 0.363. The molecule has 0 saturated carbocycles. The quantitative estimate of drug-likeness (QED) is 0.327. The molecule has 0 heterocycles. The Labute approximate surface area is 95.3 Å². The van der Waals surface area contributed by atoms with Gasteiger partial charge in [-0.1, -0.05) is 41.0 Å². The molecule has 0 atom stereocenters. The zero-order chi connectivity index (χ0) is 11.7. The van der Waals surface area contributed by atoms with E-state index in [4.69, 9.17) is 9.78 Å². The SMILES string of the molecule is CCCCOOCCC(C)(C)CC(C)C. The van der Waals surface area contributed by atoms with Crippen LogP contribution in [0.25, 0.3) is 0 Å². The Morgan fingerprint density at radius 2 is 1.67 bits per heavy atom. The highest BCUT2D eigenvalue weighted by molar-refractivity contribution is 4.69. The van der Waals surface area contributed by atoms with E-state index < -0.39 is 0 Å². The standard InChI is InChI=1S/C13H28O2/c1-6-7-9-14-15-10-8-13(4,5)11-12(2)3/h12H,6-11H2,1-5H3. The monoisotopic (exact) mass is 216 g/mol. The van der Waals surface area contributed by atoms with Crippen molar-refractivity contribution in [2.45, 2.75) is 60.3 Å². The van der Waals surface area contributed by atoms with Gasteiger partial charge in [-0.3, -0.25) is 0 Å². The first-order valence-corrected chi connectivity index (χ1v) is 6.22. The largest absolute Gasteiger partial charge is 0.237 e. The predicted octanol–water partition coefficient (Wildman–Crippen LogP) is 4.20. The average molecular weight is 216 g/mol. The summed E-state index contributed by atoms with van der Waals surface area (Å²) in [7, 11) is 0. The van der Waals surface area contributed by atoms with Gasteiger partial charge in [-0.15, -0.1) is 0 Å². The van der Waals surface area contributed by atoms with Crippen LogP contribution in [0.2, 0.25) is 0 Å². The van der Waals surface area contributed by atoms with Crippen molar-refractivity contribution in [2.75, 3.05) is 13.2 Å². The summed E-state index contributed by atoms with van der Waals surface area (Å²) in [5.41, 5.74) is 0.363. The fourth-order valence-electron chi connectivity index (χ4n) is 1.85. The second-order valence-electron chi connectivity index (χ2n) is 5.51. The van der Waals surface area contributed by atoms with E-state index in [2.05, 4.69) is 34.6 Å². The van der Waals surface area contributed by atoms with Crippen LogP contribution in [0.3, 0.4) is 0 Å². The van der Waals surface area contributed by atoms with Gasteiger partial charge in [-0.25, -0.2) is 9.78 Å². The van der Waals surface area contributed by atoms with Gasteiger partial charge in [0.15, 0.2) is 0 Å². The molecule has 0 aromatic carbocycles. The van der Waals surface area contributed by atoms with Gasteiger partial charge >= 0.3 is 0 Å². The Bertz CT molecular complexity index is 141. The second-order valence-corrected chi connectivity index (χ2v) is 5.51. The molecule has 2 heteroatoms. The van der Waals surface area contributed by atoms with Crippen LogP contribution in [0.5, 0.6) is 0 Å². The van der Waals surface area contributed by atoms with Crippen molar-refractivity contribution in [1.82, 2.24) is 0 Å². The third-order valence-corrected chi connectivity index (χ3v) is 2.49. The molecule has 0 unspecified atom stereocenters. The fourth-order valence-corrected chi connectivity index (χ4v) is 1.85. The normalized spacial score (nSPS) is 12.4. The van der Waals surface area contributed by atoms with Crippen LogP contribution in [-0.2, 0) is 9.78 Å². The molecule has 92 valence electrons. The molecule has 0 saturated heterocycles. The van der Waals surface area contributed by atoms with E-state index >= 15 is 0 Å². The molecule has 0 aromatic rings. The molecule has 0 rings (SSSR count). The molecule has 0 N–H and O–H groups in total. The smallest absolute Gasteiger partial charge is 0.0827 e. The lowest BCUT2D eigenvalue weighted by molar-refractivity contribution is -0.297. The minimum atomic E-state index is 0.363. The molecule has 15 heavy (non-hydrogen) atoms. The van der Waals surface area contributed by atoms with Crippen LogP contribution in [0.4, 0.5) is 0 Å². The van der Waals surface area contributed by atoms with Gasteiger partial charge in [0, 0.05) is 0 Å². The Balaban J connectivity index is 3.40. The second kappa shape index (κ2) is 8.12. The molecular formula is C13H28O2. The Kier molecular flexibility index (Phi) is 8.07. The zero-order valence-corrected chi connectivity index (χ0v) is 11.1. The molecule has 0 aliphatic rings. The van der Waals surface area contributed by atoms with Crippen LogP contribution in [0.1, 0.15) is 60.3 Å². The van der Waals surface area contributed by atoms with Crippen molar-refractivity contribution in [1.29, 1.82) is 0 Å². The van der Waals surface area contributed by atoms with E-state index in [0.717, 1.165) is 31.8 Å². The van der Waals surface area contributed by atoms with Crippen LogP contribution < -0.4 is 0 Å². The summed E-state index contributed by atoms with van der Waals surface area (Å²) in [5, 5.41) is 0. The maximum absolute atomic E-state index is 5.15. The maximum atomic E-state index is 5.15. The number of unbranched alkanes of at least 4 members (excludes halogenated alkanes) is 1. The predicted molar refractivity (Wildman–Crippen MR) is 64.7 cm³/mol. The third kappa shape index (κ3) is 10.2. The average Bonchev–Trinajstić information content (AvgIpc) is 2.08. The lowest BCUT2D eigenvalue weighted by Crippen LogP contribution is -2.17. The number of hydrogen-bond acceptors (Lipinski definition) is 2. The third-order valence-electron chi connectivity index (χ3n) is 2.49. The number of rotatable bonds is 9. The van der Waals surface area contributed by atoms with Crippen molar-refractivity contribution >= 4 is 0 Å². The molecule has 0 amide bonds. The lowest BCUT2D eigenvalue weighted by atomic mass is 9.81. The topological polar surface area (TPSA) is 18.5 Å². The molecular weight excluding hydrogens is 188 g/mol. The van der Waals surface area contributed by atoms with Gasteiger partial charge in [0.1, 0.15) is 0 Å². The molecule has 0 aliphatic carbocycles. The van der Waals surface area contributed by atoms with E-state index in [9.17, 15) is 0 Å². The Hall–Kier alpha value is -0.0800. The molecule has 0 spiro atoms. The molecule has 0 fully saturated rings. The van der Waals surface area contributed by atoms with E-state index in [1.807, 2.05) is 0 Å². The summed E-state index contributed by atoms with van der Waals surface area (Å²) in [5.74, 6) is 0.751. The van der Waals surface area contributed by atoms with Gasteiger partial charge in [0.25, 0.3) is 0 Å². The van der Waals surface area contributed by atoms with Gasteiger partial charge in [-0.05, 0) is 30.6 Å². The number of hydrogen-bond donors (Lipinski definition) is 0. The maximum Gasteiger partial charge on any atom is 0.0827 e. The van der Waals surface area contributed by atoms with Crippen molar-refractivity contribution in [2.24, 2.45) is 11.3 Å². The zero-order valence-electron chi connectivity index (χ0n) is 11.1. The molecule has 2 nitrogen and oxygen atoms in total. The summed E-state index contributed by atoms with van der Waals surface area (Å²) in [6.07, 6.45) is 4.54. The van der Waals surface area contributed by atoms with Crippen molar-refractivity contribution < 1.29 is 9.78 Å². The van der Waals surface area contributed by atoms with Gasteiger partial charge in [0.2, 0.25) is 0 Å².